The molecule has 2 rings (SSSR count). The molecule has 0 spiro atoms. The first-order valence-corrected chi connectivity index (χ1v) is 9.97. The van der Waals surface area contributed by atoms with Crippen LogP contribution in [0.3, 0.4) is 0 Å². The van der Waals surface area contributed by atoms with Crippen molar-refractivity contribution < 1.29 is 14.2 Å². The third kappa shape index (κ3) is 5.84. The Labute approximate surface area is 138 Å². The zero-order valence-electron chi connectivity index (χ0n) is 12.7. The molecule has 5 nitrogen and oxygen atoms in total. The molecule has 0 unspecified atom stereocenters. The van der Waals surface area contributed by atoms with Crippen LogP contribution in [0.4, 0.5) is 0 Å². The molecule has 23 heavy (non-hydrogen) atoms. The van der Waals surface area contributed by atoms with E-state index in [0.717, 1.165) is 16.4 Å². The van der Waals surface area contributed by atoms with Gasteiger partial charge in [-0.2, -0.15) is 0 Å². The van der Waals surface area contributed by atoms with Crippen LogP contribution < -0.4 is 0 Å². The van der Waals surface area contributed by atoms with E-state index in [2.05, 4.69) is 0 Å². The van der Waals surface area contributed by atoms with Crippen molar-refractivity contribution in [2.24, 2.45) is 0 Å². The number of nitrogens with one attached hydrogen (secondary N) is 1. The van der Waals surface area contributed by atoms with Crippen LogP contribution in [0.15, 0.2) is 60.7 Å². The summed E-state index contributed by atoms with van der Waals surface area (Å²) in [4.78, 5) is 11.2. The number of amidine groups is 1. The van der Waals surface area contributed by atoms with E-state index in [1.165, 1.54) is 0 Å². The fourth-order valence-electron chi connectivity index (χ4n) is 1.71. The first-order valence-electron chi connectivity index (χ1n) is 6.92. The first kappa shape index (κ1) is 17.8. The number of hydrogen-bond acceptors (Lipinski definition) is 5. The van der Waals surface area contributed by atoms with Gasteiger partial charge in [0, 0.05) is 0 Å². The number of hydrogen-bond donors (Lipinski definition) is 1. The minimum atomic E-state index is -0.792. The molecular formula is C16H18N2O3PS-. The van der Waals surface area contributed by atoms with Crippen LogP contribution in [0.5, 0.6) is 0 Å². The quantitative estimate of drug-likeness (QED) is 0.282. The average molecular weight is 349 g/mol. The van der Waals surface area contributed by atoms with Crippen molar-refractivity contribution in [3.05, 3.63) is 71.8 Å². The summed E-state index contributed by atoms with van der Waals surface area (Å²) in [6.45, 7) is 0.538. The molecule has 0 aliphatic carbocycles. The predicted molar refractivity (Wildman–Crippen MR) is 92.9 cm³/mol. The molecule has 0 bridgehead atoms. The molecule has 0 saturated carbocycles. The summed E-state index contributed by atoms with van der Waals surface area (Å²) in [5.74, 6) is 0. The molecule has 7 heteroatoms. The van der Waals surface area contributed by atoms with Crippen molar-refractivity contribution in [1.29, 1.82) is 5.41 Å². The summed E-state index contributed by atoms with van der Waals surface area (Å²) in [6, 6.07) is 19.2. The van der Waals surface area contributed by atoms with E-state index in [0.29, 0.717) is 0 Å². The summed E-state index contributed by atoms with van der Waals surface area (Å²) >= 11 is 0. The molecule has 0 amide bonds. The molecule has 0 radical (unpaired) electrons. The van der Waals surface area contributed by atoms with Gasteiger partial charge in [-0.05, 0) is 0 Å². The van der Waals surface area contributed by atoms with Gasteiger partial charge < -0.3 is 0 Å². The Morgan fingerprint density at radius 1 is 1.00 bits per heavy atom. The van der Waals surface area contributed by atoms with Crippen LogP contribution >= 0.6 is 7.03 Å². The molecule has 0 aromatic heterocycles. The van der Waals surface area contributed by atoms with Crippen LogP contribution in [0.25, 0.3) is 0 Å². The fourth-order valence-corrected chi connectivity index (χ4v) is 2.52. The monoisotopic (exact) mass is 349 g/mol. The second kappa shape index (κ2) is 9.53. The van der Waals surface area contributed by atoms with Crippen LogP contribution in [0.1, 0.15) is 11.1 Å². The average Bonchev–Trinajstić information content (AvgIpc) is 2.62. The molecule has 122 valence electrons. The second-order valence-electron chi connectivity index (χ2n) is 4.63. The SMILES string of the molecule is C[S-](#P=O)C(=N)N(OCc1ccccc1)OCc1ccccc1. The number of benzene rings is 2. The molecule has 1 N–H and O–H groups in total. The number of hydroxylamine groups is 2. The van der Waals surface area contributed by atoms with Gasteiger partial charge in [-0.15, -0.1) is 0 Å². The van der Waals surface area contributed by atoms with Gasteiger partial charge in [0.1, 0.15) is 0 Å². The van der Waals surface area contributed by atoms with E-state index >= 15 is 0 Å². The summed E-state index contributed by atoms with van der Waals surface area (Å²) in [6.07, 6.45) is 1.70. The fraction of sp³-hybridized carbons (Fsp3) is 0.188. The predicted octanol–water partition coefficient (Wildman–Crippen LogP) is 3.94. The maximum atomic E-state index is 11.0. The van der Waals surface area contributed by atoms with E-state index in [4.69, 9.17) is 15.1 Å². The van der Waals surface area contributed by atoms with Crippen LogP contribution in [0.2, 0.25) is 0 Å². The van der Waals surface area contributed by atoms with Crippen molar-refractivity contribution in [3.8, 4) is 0 Å². The standard InChI is InChI=1S/C16H18N2O3PS/c1-23(22-19)16(17)18(20-12-14-8-4-2-5-9-14)21-13-15-10-6-3-7-11-15/h2-11,17H,12-13H2,1H3/q-1. The van der Waals surface area contributed by atoms with Gasteiger partial charge in [0.05, 0.1) is 0 Å². The Kier molecular flexibility index (Phi) is 7.36. The summed E-state index contributed by atoms with van der Waals surface area (Å²) in [5.41, 5.74) is 1.92. The van der Waals surface area contributed by atoms with E-state index in [1.807, 2.05) is 60.7 Å². The maximum absolute atomic E-state index is 11.0. The Morgan fingerprint density at radius 3 is 1.83 bits per heavy atom. The molecular weight excluding hydrogens is 331 g/mol. The molecule has 0 aliphatic heterocycles. The molecule has 0 atom stereocenters. The van der Waals surface area contributed by atoms with E-state index in [-0.39, 0.29) is 25.4 Å². The van der Waals surface area contributed by atoms with Crippen LogP contribution in [-0.2, 0) is 37.3 Å². The molecule has 0 saturated heterocycles. The van der Waals surface area contributed by atoms with Gasteiger partial charge in [0.25, 0.3) is 0 Å². The van der Waals surface area contributed by atoms with Crippen molar-refractivity contribution in [2.45, 2.75) is 13.2 Å². The zero-order valence-corrected chi connectivity index (χ0v) is 14.4. The van der Waals surface area contributed by atoms with Gasteiger partial charge in [0.15, 0.2) is 0 Å². The normalized spacial score (nSPS) is 10.5. The summed E-state index contributed by atoms with van der Waals surface area (Å²) in [7, 11) is -0.915. The third-order valence-electron chi connectivity index (χ3n) is 2.94. The van der Waals surface area contributed by atoms with Gasteiger partial charge in [-0.25, -0.2) is 0 Å². The van der Waals surface area contributed by atoms with Gasteiger partial charge >= 0.3 is 138 Å². The molecule has 0 aliphatic rings. The Bertz CT molecular complexity index is 719. The van der Waals surface area contributed by atoms with Crippen molar-refractivity contribution in [1.82, 2.24) is 5.23 Å². The number of rotatable bonds is 6. The second-order valence-corrected chi connectivity index (χ2v) is 8.21. The summed E-state index contributed by atoms with van der Waals surface area (Å²) < 4.78 is 11.0. The van der Waals surface area contributed by atoms with Crippen LogP contribution in [-0.4, -0.2) is 16.6 Å². The van der Waals surface area contributed by atoms with Gasteiger partial charge in [0.2, 0.25) is 0 Å². The van der Waals surface area contributed by atoms with Crippen molar-refractivity contribution >= 4 is 22.1 Å². The Morgan fingerprint density at radius 2 is 1.43 bits per heavy atom. The van der Waals surface area contributed by atoms with E-state index in [9.17, 15) is 4.57 Å². The third-order valence-corrected chi connectivity index (χ3v) is 5.06. The zero-order chi connectivity index (χ0) is 16.5. The molecule has 2 aromatic carbocycles. The van der Waals surface area contributed by atoms with E-state index < -0.39 is 9.87 Å². The number of nitrogens with zero attached hydrogens (tertiary/aromatic N) is 1. The molecule has 2 aromatic rings. The van der Waals surface area contributed by atoms with Gasteiger partial charge in [-0.1, -0.05) is 0 Å². The van der Waals surface area contributed by atoms with Gasteiger partial charge in [-0.3, -0.25) is 0 Å². The molecule has 0 fully saturated rings. The first-order chi connectivity index (χ1) is 11.2. The Balaban J connectivity index is 2.03. The Hall–Kier alpha value is -1.59. The minimum absolute atomic E-state index is 0.0357. The van der Waals surface area contributed by atoms with Crippen LogP contribution in [0, 0.1) is 5.41 Å². The van der Waals surface area contributed by atoms with Crippen molar-refractivity contribution in [2.75, 3.05) is 6.26 Å². The van der Waals surface area contributed by atoms with Crippen molar-refractivity contribution in [3.63, 3.8) is 0 Å². The molecule has 0 heterocycles. The topological polar surface area (TPSA) is 62.6 Å². The van der Waals surface area contributed by atoms with E-state index in [1.54, 1.807) is 6.26 Å². The summed E-state index contributed by atoms with van der Waals surface area (Å²) in [5, 5.41) is 9.16.